The fourth-order valence-corrected chi connectivity index (χ4v) is 6.90. The monoisotopic (exact) mass is 349 g/mol. The van der Waals surface area contributed by atoms with Crippen molar-refractivity contribution in [2.24, 2.45) is 5.92 Å². The number of allylic oxidation sites excluding steroid dienone is 2. The third-order valence-corrected chi connectivity index (χ3v) is 7.90. The van der Waals surface area contributed by atoms with Gasteiger partial charge in [0, 0.05) is 30.1 Å². The maximum Gasteiger partial charge on any atom is 0.169 e. The van der Waals surface area contributed by atoms with Gasteiger partial charge in [0.15, 0.2) is 17.6 Å². The molecule has 2 saturated carbocycles. The van der Waals surface area contributed by atoms with Gasteiger partial charge in [-0.15, -0.1) is 0 Å². The van der Waals surface area contributed by atoms with Crippen molar-refractivity contribution >= 4 is 0 Å². The fraction of sp³-hybridized carbons (Fsp3) is 0.545. The summed E-state index contributed by atoms with van der Waals surface area (Å²) in [5.74, 6) is 3.70. The Morgan fingerprint density at radius 2 is 2.08 bits per heavy atom. The predicted octanol–water partition coefficient (Wildman–Crippen LogP) is 2.91. The molecule has 2 unspecified atom stereocenters. The van der Waals surface area contributed by atoms with Gasteiger partial charge < -0.3 is 14.2 Å². The highest BCUT2D eigenvalue weighted by Gasteiger charge is 2.78. The highest BCUT2D eigenvalue weighted by atomic mass is 16.6. The molecule has 0 radical (unpaired) electrons. The van der Waals surface area contributed by atoms with Crippen LogP contribution in [0.3, 0.4) is 0 Å². The number of fused-ring (bicyclic) bond motifs is 1. The summed E-state index contributed by atoms with van der Waals surface area (Å²) in [4.78, 5) is 2.74. The molecule has 0 amide bonds. The standard InChI is InChI=1S/C22H23NO3/c1-24-15-7-5-13-17-18(15)26-20-16(25-2)8-6-14-19-21(13,10-22(14,17)20)11-23(19)9-12-3-4-12/h5-8,12,19-20H,3-4,9-11H2,1-2H3/t19-,20-,21?,22?/m0/s1. The van der Waals surface area contributed by atoms with Crippen LogP contribution in [0.25, 0.3) is 0 Å². The smallest absolute Gasteiger partial charge is 0.169 e. The molecule has 4 heteroatoms. The van der Waals surface area contributed by atoms with Gasteiger partial charge in [-0.3, -0.25) is 4.90 Å². The molecule has 0 aromatic heterocycles. The first kappa shape index (κ1) is 14.2. The molecule has 1 aromatic carbocycles. The van der Waals surface area contributed by atoms with Crippen LogP contribution >= 0.6 is 0 Å². The molecule has 2 aliphatic heterocycles. The van der Waals surface area contributed by atoms with Crippen LogP contribution in [0.4, 0.5) is 0 Å². The van der Waals surface area contributed by atoms with E-state index in [1.54, 1.807) is 19.8 Å². The van der Waals surface area contributed by atoms with Crippen LogP contribution < -0.4 is 9.47 Å². The van der Waals surface area contributed by atoms with Crippen molar-refractivity contribution in [3.63, 3.8) is 0 Å². The Balaban J connectivity index is 1.47. The summed E-state index contributed by atoms with van der Waals surface area (Å²) >= 11 is 0. The molecule has 4 aliphatic carbocycles. The molecule has 7 rings (SSSR count). The van der Waals surface area contributed by atoms with Gasteiger partial charge in [0.1, 0.15) is 5.76 Å². The molecule has 1 aromatic rings. The highest BCUT2D eigenvalue weighted by Crippen LogP contribution is 2.75. The number of ether oxygens (including phenoxy) is 3. The van der Waals surface area contributed by atoms with Gasteiger partial charge >= 0.3 is 0 Å². The lowest BCUT2D eigenvalue weighted by atomic mass is 9.63. The normalized spacial score (nSPS) is 40.2. The number of hydrogen-bond donors (Lipinski definition) is 0. The summed E-state index contributed by atoms with van der Waals surface area (Å²) in [6.45, 7) is 2.46. The molecule has 2 spiro atoms. The second-order valence-electron chi connectivity index (χ2n) is 8.99. The SMILES string of the molecule is COC1=CC=C2[C@@H]3N(CC4CC4)CC34CC23c2c4ccc(OC)c2O[C@@H]13. The van der Waals surface area contributed by atoms with E-state index >= 15 is 0 Å². The average molecular weight is 349 g/mol. The summed E-state index contributed by atoms with van der Waals surface area (Å²) < 4.78 is 17.9. The summed E-state index contributed by atoms with van der Waals surface area (Å²) in [6, 6.07) is 4.98. The van der Waals surface area contributed by atoms with Gasteiger partial charge in [-0.05, 0) is 48.5 Å². The Morgan fingerprint density at radius 3 is 2.85 bits per heavy atom. The van der Waals surface area contributed by atoms with Crippen molar-refractivity contribution in [2.75, 3.05) is 27.3 Å². The van der Waals surface area contributed by atoms with Crippen molar-refractivity contribution in [1.82, 2.24) is 4.90 Å². The van der Waals surface area contributed by atoms with Gasteiger partial charge in [0.05, 0.1) is 19.6 Å². The van der Waals surface area contributed by atoms with E-state index in [4.69, 9.17) is 14.2 Å². The molecule has 6 aliphatic rings. The summed E-state index contributed by atoms with van der Waals surface area (Å²) in [7, 11) is 3.50. The first-order valence-electron chi connectivity index (χ1n) is 9.82. The van der Waals surface area contributed by atoms with Gasteiger partial charge in [-0.1, -0.05) is 12.1 Å². The van der Waals surface area contributed by atoms with E-state index in [2.05, 4.69) is 29.2 Å². The Morgan fingerprint density at radius 1 is 1.19 bits per heavy atom. The largest absolute Gasteiger partial charge is 0.497 e. The minimum atomic E-state index is -0.0394. The van der Waals surface area contributed by atoms with E-state index in [1.165, 1.54) is 43.5 Å². The molecular weight excluding hydrogens is 326 g/mol. The molecule has 1 saturated heterocycles. The molecule has 4 nitrogen and oxygen atoms in total. The lowest BCUT2D eigenvalue weighted by Gasteiger charge is -2.56. The second-order valence-corrected chi connectivity index (χ2v) is 8.99. The van der Waals surface area contributed by atoms with Gasteiger partial charge in [-0.25, -0.2) is 0 Å². The zero-order valence-corrected chi connectivity index (χ0v) is 15.2. The summed E-state index contributed by atoms with van der Waals surface area (Å²) in [5, 5.41) is 0. The zero-order chi connectivity index (χ0) is 17.3. The quantitative estimate of drug-likeness (QED) is 0.836. The van der Waals surface area contributed by atoms with E-state index < -0.39 is 0 Å². The van der Waals surface area contributed by atoms with E-state index in [1.807, 2.05) is 0 Å². The van der Waals surface area contributed by atoms with Gasteiger partial charge in [0.25, 0.3) is 0 Å². The van der Waals surface area contributed by atoms with E-state index in [0.717, 1.165) is 23.2 Å². The molecule has 3 fully saturated rings. The molecular formula is C22H23NO3. The topological polar surface area (TPSA) is 30.9 Å². The van der Waals surface area contributed by atoms with E-state index in [-0.39, 0.29) is 16.9 Å². The number of likely N-dealkylation sites (tertiary alicyclic amines) is 1. The first-order chi connectivity index (χ1) is 12.7. The number of rotatable bonds is 4. The number of hydrogen-bond acceptors (Lipinski definition) is 4. The molecule has 2 bridgehead atoms. The third kappa shape index (κ3) is 1.26. The van der Waals surface area contributed by atoms with Gasteiger partial charge in [0.2, 0.25) is 0 Å². The van der Waals surface area contributed by atoms with Crippen molar-refractivity contribution in [3.8, 4) is 11.5 Å². The predicted molar refractivity (Wildman–Crippen MR) is 96.6 cm³/mol. The van der Waals surface area contributed by atoms with Crippen LogP contribution in [-0.2, 0) is 15.6 Å². The Kier molecular flexibility index (Phi) is 2.25. The van der Waals surface area contributed by atoms with Crippen LogP contribution in [0.1, 0.15) is 30.4 Å². The molecule has 26 heavy (non-hydrogen) atoms. The van der Waals surface area contributed by atoms with Crippen LogP contribution in [0.15, 0.2) is 35.6 Å². The van der Waals surface area contributed by atoms with E-state index in [9.17, 15) is 0 Å². The first-order valence-corrected chi connectivity index (χ1v) is 9.82. The van der Waals surface area contributed by atoms with Crippen LogP contribution in [-0.4, -0.2) is 44.4 Å². The minimum absolute atomic E-state index is 0.0368. The van der Waals surface area contributed by atoms with Crippen LogP contribution in [0.2, 0.25) is 0 Å². The summed E-state index contributed by atoms with van der Waals surface area (Å²) in [5.41, 5.74) is 4.72. The highest BCUT2D eigenvalue weighted by molar-refractivity contribution is 5.75. The zero-order valence-electron chi connectivity index (χ0n) is 15.2. The lowest BCUT2D eigenvalue weighted by molar-refractivity contribution is 0.0206. The number of nitrogens with zero attached hydrogens (tertiary/aromatic N) is 1. The van der Waals surface area contributed by atoms with Crippen molar-refractivity contribution in [1.29, 1.82) is 0 Å². The molecule has 4 atom stereocenters. The molecule has 0 N–H and O–H groups in total. The fourth-order valence-electron chi connectivity index (χ4n) is 6.90. The van der Waals surface area contributed by atoms with Crippen LogP contribution in [0.5, 0.6) is 11.5 Å². The Bertz CT molecular complexity index is 930. The third-order valence-electron chi connectivity index (χ3n) is 7.90. The van der Waals surface area contributed by atoms with Crippen molar-refractivity contribution < 1.29 is 14.2 Å². The molecule has 134 valence electrons. The molecule has 2 heterocycles. The summed E-state index contributed by atoms with van der Waals surface area (Å²) in [6.07, 6.45) is 8.45. The Labute approximate surface area is 153 Å². The van der Waals surface area contributed by atoms with Crippen molar-refractivity contribution in [3.05, 3.63) is 46.7 Å². The minimum Gasteiger partial charge on any atom is -0.497 e. The Hall–Kier alpha value is -1.94. The maximum absolute atomic E-state index is 6.54. The average Bonchev–Trinajstić information content (AvgIpc) is 3.25. The van der Waals surface area contributed by atoms with E-state index in [0.29, 0.717) is 6.04 Å². The van der Waals surface area contributed by atoms with Crippen LogP contribution in [0, 0.1) is 5.92 Å². The maximum atomic E-state index is 6.54. The van der Waals surface area contributed by atoms with Crippen molar-refractivity contribution in [2.45, 2.75) is 42.2 Å². The lowest BCUT2D eigenvalue weighted by Crippen LogP contribution is -2.66. The number of benzene rings is 1. The number of methoxy groups -OCH3 is 2. The van der Waals surface area contributed by atoms with Gasteiger partial charge in [-0.2, -0.15) is 0 Å². The second kappa shape index (κ2) is 4.14.